The van der Waals surface area contributed by atoms with Crippen molar-refractivity contribution in [3.05, 3.63) is 34.4 Å². The number of nitrogen functional groups attached to an aromatic ring is 1. The Morgan fingerprint density at radius 2 is 2.11 bits per heavy atom. The average molecular weight is 279 g/mol. The van der Waals surface area contributed by atoms with Crippen LogP contribution in [0, 0.1) is 0 Å². The van der Waals surface area contributed by atoms with Crippen molar-refractivity contribution in [1.29, 1.82) is 0 Å². The summed E-state index contributed by atoms with van der Waals surface area (Å²) >= 11 is 3.47. The fourth-order valence-corrected chi connectivity index (χ4v) is 3.12. The summed E-state index contributed by atoms with van der Waals surface area (Å²) in [7, 11) is 0. The Balaban J connectivity index is 1.98. The molecule has 2 aromatic rings. The molecule has 0 aliphatic carbocycles. The van der Waals surface area contributed by atoms with Crippen molar-refractivity contribution in [3.63, 3.8) is 0 Å². The number of aromatic nitrogens is 2. The van der Waals surface area contributed by atoms with Gasteiger partial charge >= 0.3 is 0 Å². The van der Waals surface area contributed by atoms with Crippen LogP contribution in [-0.2, 0) is 11.2 Å². The molecule has 0 fully saturated rings. The maximum atomic E-state index is 5.55. The highest BCUT2D eigenvalue weighted by molar-refractivity contribution is 7.98. The van der Waals surface area contributed by atoms with Crippen molar-refractivity contribution < 1.29 is 0 Å². The van der Waals surface area contributed by atoms with Gasteiger partial charge in [0, 0.05) is 27.6 Å². The second-order valence-electron chi connectivity index (χ2n) is 5.10. The molecule has 18 heavy (non-hydrogen) atoms. The molecule has 0 saturated carbocycles. The zero-order valence-electron chi connectivity index (χ0n) is 10.8. The number of hydrogen-bond acceptors (Lipinski definition) is 5. The molecular formula is C13H17N3S2. The van der Waals surface area contributed by atoms with Crippen LogP contribution < -0.4 is 5.73 Å². The van der Waals surface area contributed by atoms with E-state index < -0.39 is 0 Å². The summed E-state index contributed by atoms with van der Waals surface area (Å²) in [6.45, 7) is 6.56. The van der Waals surface area contributed by atoms with E-state index in [4.69, 9.17) is 5.73 Å². The van der Waals surface area contributed by atoms with Crippen LogP contribution in [0.15, 0.2) is 28.6 Å². The molecule has 2 rings (SSSR count). The lowest BCUT2D eigenvalue weighted by Gasteiger charge is -2.13. The first-order chi connectivity index (χ1) is 8.45. The third kappa shape index (κ3) is 3.46. The average Bonchev–Trinajstić information content (AvgIpc) is 2.77. The van der Waals surface area contributed by atoms with E-state index in [0.29, 0.717) is 5.82 Å². The Kier molecular flexibility index (Phi) is 3.92. The number of nitrogens with two attached hydrogens (primary N) is 1. The predicted octanol–water partition coefficient (Wildman–Crippen LogP) is 3.71. The minimum absolute atomic E-state index is 0.135. The van der Waals surface area contributed by atoms with Crippen LogP contribution in [0.1, 0.15) is 31.5 Å². The number of pyridine rings is 1. The molecular weight excluding hydrogens is 262 g/mol. The summed E-state index contributed by atoms with van der Waals surface area (Å²) in [6.07, 6.45) is 1.80. The molecule has 0 aliphatic rings. The Morgan fingerprint density at radius 3 is 2.67 bits per heavy atom. The topological polar surface area (TPSA) is 51.8 Å². The molecule has 0 radical (unpaired) electrons. The second-order valence-corrected chi connectivity index (χ2v) is 7.01. The van der Waals surface area contributed by atoms with E-state index in [9.17, 15) is 0 Å². The Labute approximate surface area is 116 Å². The van der Waals surface area contributed by atoms with Gasteiger partial charge in [-0.15, -0.1) is 23.1 Å². The first-order valence-corrected chi connectivity index (χ1v) is 7.61. The van der Waals surface area contributed by atoms with Crippen LogP contribution in [0.25, 0.3) is 0 Å². The zero-order chi connectivity index (χ0) is 13.2. The largest absolute Gasteiger partial charge is 0.384 e. The van der Waals surface area contributed by atoms with Crippen LogP contribution in [0.3, 0.4) is 0 Å². The van der Waals surface area contributed by atoms with Crippen molar-refractivity contribution in [1.82, 2.24) is 9.97 Å². The molecule has 0 aliphatic heterocycles. The van der Waals surface area contributed by atoms with Crippen LogP contribution in [0.4, 0.5) is 5.82 Å². The third-order valence-corrected chi connectivity index (χ3v) is 4.67. The molecule has 0 saturated heterocycles. The molecule has 2 aromatic heterocycles. The SMILES string of the molecule is CC(C)(C)c1nc(CSc2ccc(N)nc2)cs1. The van der Waals surface area contributed by atoms with Gasteiger partial charge in [0.2, 0.25) is 0 Å². The smallest absolute Gasteiger partial charge is 0.123 e. The fourth-order valence-electron chi connectivity index (χ4n) is 1.35. The van der Waals surface area contributed by atoms with Gasteiger partial charge < -0.3 is 5.73 Å². The summed E-state index contributed by atoms with van der Waals surface area (Å²) in [5, 5.41) is 3.33. The second kappa shape index (κ2) is 5.28. The molecule has 2 heterocycles. The number of anilines is 1. The van der Waals surface area contributed by atoms with Gasteiger partial charge in [-0.2, -0.15) is 0 Å². The summed E-state index contributed by atoms with van der Waals surface area (Å²) in [4.78, 5) is 9.86. The Bertz CT molecular complexity index is 512. The number of thiazole rings is 1. The molecule has 0 amide bonds. The van der Waals surface area contributed by atoms with Crippen LogP contribution in [0.2, 0.25) is 0 Å². The van der Waals surface area contributed by atoms with Gasteiger partial charge in [-0.3, -0.25) is 0 Å². The van der Waals surface area contributed by atoms with E-state index >= 15 is 0 Å². The van der Waals surface area contributed by atoms with Gasteiger partial charge in [0.1, 0.15) is 5.82 Å². The monoisotopic (exact) mass is 279 g/mol. The predicted molar refractivity (Wildman–Crippen MR) is 79.0 cm³/mol. The highest BCUT2D eigenvalue weighted by Crippen LogP contribution is 2.28. The normalized spacial score (nSPS) is 11.7. The minimum atomic E-state index is 0.135. The Hall–Kier alpha value is -1.07. The summed E-state index contributed by atoms with van der Waals surface area (Å²) in [5.41, 5.74) is 6.82. The number of rotatable bonds is 3. The first-order valence-electron chi connectivity index (χ1n) is 5.74. The molecule has 2 N–H and O–H groups in total. The summed E-state index contributed by atoms with van der Waals surface area (Å²) in [6, 6.07) is 3.81. The van der Waals surface area contributed by atoms with Gasteiger partial charge in [-0.05, 0) is 12.1 Å². The molecule has 96 valence electrons. The van der Waals surface area contributed by atoms with Crippen molar-refractivity contribution in [2.75, 3.05) is 5.73 Å². The summed E-state index contributed by atoms with van der Waals surface area (Å²) < 4.78 is 0. The molecule has 0 aromatic carbocycles. The lowest BCUT2D eigenvalue weighted by molar-refractivity contribution is 0.584. The molecule has 0 spiro atoms. The minimum Gasteiger partial charge on any atom is -0.384 e. The van der Waals surface area contributed by atoms with E-state index in [-0.39, 0.29) is 5.41 Å². The van der Waals surface area contributed by atoms with Crippen molar-refractivity contribution >= 4 is 28.9 Å². The van der Waals surface area contributed by atoms with Gasteiger partial charge in [0.05, 0.1) is 10.7 Å². The standard InChI is InChI=1S/C13H17N3S2/c1-13(2,3)12-16-9(8-18-12)7-17-10-4-5-11(14)15-6-10/h4-6,8H,7H2,1-3H3,(H2,14,15). The molecule has 0 bridgehead atoms. The van der Waals surface area contributed by atoms with E-state index in [2.05, 4.69) is 36.1 Å². The van der Waals surface area contributed by atoms with Crippen molar-refractivity contribution in [2.45, 2.75) is 36.8 Å². The lowest BCUT2D eigenvalue weighted by Crippen LogP contribution is -2.10. The van der Waals surface area contributed by atoms with E-state index in [1.54, 1.807) is 29.3 Å². The summed E-state index contributed by atoms with van der Waals surface area (Å²) in [5.74, 6) is 1.43. The van der Waals surface area contributed by atoms with Crippen LogP contribution >= 0.6 is 23.1 Å². The Morgan fingerprint density at radius 1 is 1.33 bits per heavy atom. The number of hydrogen-bond donors (Lipinski definition) is 1. The number of thioether (sulfide) groups is 1. The molecule has 5 heteroatoms. The third-order valence-electron chi connectivity index (χ3n) is 2.34. The van der Waals surface area contributed by atoms with Gasteiger partial charge in [-0.25, -0.2) is 9.97 Å². The van der Waals surface area contributed by atoms with E-state index in [1.807, 2.05) is 12.1 Å². The number of nitrogens with zero attached hydrogens (tertiary/aromatic N) is 2. The molecule has 0 unspecified atom stereocenters. The van der Waals surface area contributed by atoms with Crippen LogP contribution in [-0.4, -0.2) is 9.97 Å². The van der Waals surface area contributed by atoms with Crippen molar-refractivity contribution in [2.24, 2.45) is 0 Å². The highest BCUT2D eigenvalue weighted by Gasteiger charge is 2.17. The van der Waals surface area contributed by atoms with Crippen molar-refractivity contribution in [3.8, 4) is 0 Å². The lowest BCUT2D eigenvalue weighted by atomic mass is 9.98. The fraction of sp³-hybridized carbons (Fsp3) is 0.385. The molecule has 0 atom stereocenters. The van der Waals surface area contributed by atoms with Crippen LogP contribution in [0.5, 0.6) is 0 Å². The van der Waals surface area contributed by atoms with E-state index in [0.717, 1.165) is 16.3 Å². The first kappa shape index (κ1) is 13.4. The van der Waals surface area contributed by atoms with Gasteiger partial charge in [0.15, 0.2) is 0 Å². The maximum absolute atomic E-state index is 5.55. The quantitative estimate of drug-likeness (QED) is 0.870. The molecule has 3 nitrogen and oxygen atoms in total. The maximum Gasteiger partial charge on any atom is 0.123 e. The highest BCUT2D eigenvalue weighted by atomic mass is 32.2. The van der Waals surface area contributed by atoms with Gasteiger partial charge in [-0.1, -0.05) is 20.8 Å². The zero-order valence-corrected chi connectivity index (χ0v) is 12.4. The van der Waals surface area contributed by atoms with Gasteiger partial charge in [0.25, 0.3) is 0 Å². The van der Waals surface area contributed by atoms with E-state index in [1.165, 1.54) is 5.01 Å².